The molecule has 5 nitrogen and oxygen atoms in total. The number of carbonyl (C=O) groups is 1. The molecule has 0 saturated carbocycles. The first-order valence-electron chi connectivity index (χ1n) is 9.25. The smallest absolute Gasteiger partial charge is 0.243 e. The Balaban J connectivity index is 1.87. The fraction of sp³-hybridized carbons (Fsp3) is 0.381. The zero-order chi connectivity index (χ0) is 19.6. The van der Waals surface area contributed by atoms with Gasteiger partial charge in [0.1, 0.15) is 6.04 Å². The third-order valence-electron chi connectivity index (χ3n) is 5.03. The summed E-state index contributed by atoms with van der Waals surface area (Å²) < 4.78 is 27.6. The topological polar surface area (TPSA) is 66.5 Å². The molecule has 1 fully saturated rings. The Morgan fingerprint density at radius 2 is 1.67 bits per heavy atom. The standard InChI is InChI=1S/C21H26N2O3S/c1-15-8-11-18(12-9-15)27(25,26)23-13-5-4-6-20(23)21(24)22-19-14-16(2)7-10-17(19)3/h7-12,14,20H,4-6,13H2,1-3H3,(H,22,24)/t20-/m0/s1. The first kappa shape index (κ1) is 19.6. The van der Waals surface area contributed by atoms with Gasteiger partial charge in [0.05, 0.1) is 4.90 Å². The van der Waals surface area contributed by atoms with Gasteiger partial charge in [-0.2, -0.15) is 4.31 Å². The number of nitrogens with one attached hydrogen (secondary N) is 1. The van der Waals surface area contributed by atoms with Crippen LogP contribution in [0.4, 0.5) is 5.69 Å². The second-order valence-corrected chi connectivity index (χ2v) is 9.14. The van der Waals surface area contributed by atoms with E-state index in [0.717, 1.165) is 35.2 Å². The van der Waals surface area contributed by atoms with E-state index in [2.05, 4.69) is 5.32 Å². The molecule has 1 atom stereocenters. The van der Waals surface area contributed by atoms with Gasteiger partial charge in [-0.3, -0.25) is 4.79 Å². The Bertz CT molecular complexity index is 936. The summed E-state index contributed by atoms with van der Waals surface area (Å²) in [6, 6.07) is 11.9. The molecule has 1 N–H and O–H groups in total. The highest BCUT2D eigenvalue weighted by Gasteiger charge is 2.37. The molecule has 1 heterocycles. The zero-order valence-corrected chi connectivity index (χ0v) is 16.8. The normalized spacial score (nSPS) is 18.3. The second-order valence-electron chi connectivity index (χ2n) is 7.25. The van der Waals surface area contributed by atoms with Crippen LogP contribution in [0.3, 0.4) is 0 Å². The van der Waals surface area contributed by atoms with Crippen LogP contribution in [0.1, 0.15) is 36.0 Å². The molecule has 3 rings (SSSR count). The van der Waals surface area contributed by atoms with Crippen LogP contribution in [0.2, 0.25) is 0 Å². The third kappa shape index (κ3) is 4.22. The summed E-state index contributed by atoms with van der Waals surface area (Å²) in [5.74, 6) is -0.265. The average Bonchev–Trinajstić information content (AvgIpc) is 2.65. The summed E-state index contributed by atoms with van der Waals surface area (Å²) in [7, 11) is -3.71. The minimum Gasteiger partial charge on any atom is -0.324 e. The van der Waals surface area contributed by atoms with Gasteiger partial charge in [0.15, 0.2) is 0 Å². The predicted molar refractivity (Wildman–Crippen MR) is 107 cm³/mol. The number of carbonyl (C=O) groups excluding carboxylic acids is 1. The largest absolute Gasteiger partial charge is 0.324 e. The Morgan fingerprint density at radius 1 is 1.00 bits per heavy atom. The average molecular weight is 387 g/mol. The van der Waals surface area contributed by atoms with Crippen molar-refractivity contribution < 1.29 is 13.2 Å². The lowest BCUT2D eigenvalue weighted by Crippen LogP contribution is -2.49. The second kappa shape index (κ2) is 7.82. The maximum atomic E-state index is 13.1. The van der Waals surface area contributed by atoms with Gasteiger partial charge in [0, 0.05) is 12.2 Å². The molecule has 0 spiro atoms. The van der Waals surface area contributed by atoms with Crippen LogP contribution < -0.4 is 5.32 Å². The van der Waals surface area contributed by atoms with Gasteiger partial charge in [-0.1, -0.05) is 36.2 Å². The van der Waals surface area contributed by atoms with Crippen molar-refractivity contribution in [2.24, 2.45) is 0 Å². The van der Waals surface area contributed by atoms with E-state index in [9.17, 15) is 13.2 Å². The minimum atomic E-state index is -3.71. The van der Waals surface area contributed by atoms with Gasteiger partial charge in [0.2, 0.25) is 15.9 Å². The van der Waals surface area contributed by atoms with Crippen LogP contribution in [0.25, 0.3) is 0 Å². The van der Waals surface area contributed by atoms with Gasteiger partial charge in [-0.15, -0.1) is 0 Å². The van der Waals surface area contributed by atoms with Crippen LogP contribution in [-0.4, -0.2) is 31.2 Å². The van der Waals surface area contributed by atoms with Crippen LogP contribution >= 0.6 is 0 Å². The van der Waals surface area contributed by atoms with E-state index in [-0.39, 0.29) is 10.8 Å². The predicted octanol–water partition coefficient (Wildman–Crippen LogP) is 3.79. The fourth-order valence-electron chi connectivity index (χ4n) is 3.39. The SMILES string of the molecule is Cc1ccc(S(=O)(=O)N2CCCC[C@H]2C(=O)Nc2cc(C)ccc2C)cc1. The Kier molecular flexibility index (Phi) is 5.67. The Hall–Kier alpha value is -2.18. The molecule has 1 aliphatic heterocycles. The first-order valence-corrected chi connectivity index (χ1v) is 10.7. The number of hydrogen-bond acceptors (Lipinski definition) is 3. The monoisotopic (exact) mass is 386 g/mol. The number of piperidine rings is 1. The Morgan fingerprint density at radius 3 is 2.37 bits per heavy atom. The van der Waals surface area contributed by atoms with E-state index >= 15 is 0 Å². The quantitative estimate of drug-likeness (QED) is 0.869. The number of sulfonamides is 1. The summed E-state index contributed by atoms with van der Waals surface area (Å²) in [6.45, 7) is 6.17. The van der Waals surface area contributed by atoms with Crippen molar-refractivity contribution in [2.75, 3.05) is 11.9 Å². The first-order chi connectivity index (χ1) is 12.8. The molecule has 0 aliphatic carbocycles. The molecular weight excluding hydrogens is 360 g/mol. The van der Waals surface area contributed by atoms with Crippen molar-refractivity contribution in [3.8, 4) is 0 Å². The fourth-order valence-corrected chi connectivity index (χ4v) is 5.04. The van der Waals surface area contributed by atoms with E-state index < -0.39 is 16.1 Å². The minimum absolute atomic E-state index is 0.236. The summed E-state index contributed by atoms with van der Waals surface area (Å²) in [6.07, 6.45) is 2.13. The van der Waals surface area contributed by atoms with Gasteiger partial charge >= 0.3 is 0 Å². The molecule has 1 amide bonds. The summed E-state index contributed by atoms with van der Waals surface area (Å²) >= 11 is 0. The summed E-state index contributed by atoms with van der Waals surface area (Å²) in [5, 5.41) is 2.94. The molecule has 2 aromatic carbocycles. The van der Waals surface area contributed by atoms with E-state index in [0.29, 0.717) is 13.0 Å². The maximum absolute atomic E-state index is 13.1. The number of rotatable bonds is 4. The maximum Gasteiger partial charge on any atom is 0.243 e. The van der Waals surface area contributed by atoms with Crippen LogP contribution in [0.5, 0.6) is 0 Å². The highest BCUT2D eigenvalue weighted by molar-refractivity contribution is 7.89. The summed E-state index contributed by atoms with van der Waals surface area (Å²) in [4.78, 5) is 13.2. The lowest BCUT2D eigenvalue weighted by Gasteiger charge is -2.33. The van der Waals surface area contributed by atoms with Crippen LogP contribution in [0.15, 0.2) is 47.4 Å². The molecule has 27 heavy (non-hydrogen) atoms. The summed E-state index contributed by atoms with van der Waals surface area (Å²) in [5.41, 5.74) is 3.73. The van der Waals surface area contributed by atoms with Crippen LogP contribution in [-0.2, 0) is 14.8 Å². The van der Waals surface area contributed by atoms with Crippen molar-refractivity contribution >= 4 is 21.6 Å². The van der Waals surface area contributed by atoms with Crippen molar-refractivity contribution in [1.82, 2.24) is 4.31 Å². The van der Waals surface area contributed by atoms with Crippen LogP contribution in [0, 0.1) is 20.8 Å². The number of aryl methyl sites for hydroxylation is 3. The molecule has 0 unspecified atom stereocenters. The highest BCUT2D eigenvalue weighted by atomic mass is 32.2. The van der Waals surface area contributed by atoms with Crippen molar-refractivity contribution in [1.29, 1.82) is 0 Å². The molecule has 0 bridgehead atoms. The highest BCUT2D eigenvalue weighted by Crippen LogP contribution is 2.27. The lowest BCUT2D eigenvalue weighted by molar-refractivity contribution is -0.120. The lowest BCUT2D eigenvalue weighted by atomic mass is 10.0. The van der Waals surface area contributed by atoms with E-state index in [1.54, 1.807) is 24.3 Å². The van der Waals surface area contributed by atoms with E-state index in [1.807, 2.05) is 39.0 Å². The third-order valence-corrected chi connectivity index (χ3v) is 6.96. The zero-order valence-electron chi connectivity index (χ0n) is 16.0. The molecule has 6 heteroatoms. The van der Waals surface area contributed by atoms with Crippen molar-refractivity contribution in [3.05, 3.63) is 59.2 Å². The molecule has 0 radical (unpaired) electrons. The number of anilines is 1. The van der Waals surface area contributed by atoms with Crippen molar-refractivity contribution in [2.45, 2.75) is 51.0 Å². The van der Waals surface area contributed by atoms with Gasteiger partial charge in [-0.25, -0.2) is 8.42 Å². The van der Waals surface area contributed by atoms with Gasteiger partial charge in [-0.05, 0) is 62.9 Å². The van der Waals surface area contributed by atoms with Crippen molar-refractivity contribution in [3.63, 3.8) is 0 Å². The number of hydrogen-bond donors (Lipinski definition) is 1. The van der Waals surface area contributed by atoms with E-state index in [4.69, 9.17) is 0 Å². The van der Waals surface area contributed by atoms with Gasteiger partial charge in [0.25, 0.3) is 0 Å². The number of benzene rings is 2. The molecule has 1 saturated heterocycles. The molecule has 2 aromatic rings. The molecule has 0 aromatic heterocycles. The molecular formula is C21H26N2O3S. The molecule has 144 valence electrons. The molecule has 1 aliphatic rings. The number of nitrogens with zero attached hydrogens (tertiary/aromatic N) is 1. The van der Waals surface area contributed by atoms with E-state index in [1.165, 1.54) is 4.31 Å². The Labute approximate surface area is 161 Å². The van der Waals surface area contributed by atoms with Gasteiger partial charge < -0.3 is 5.32 Å². The number of amides is 1.